The molecule has 1 fully saturated rings. The standard InChI is InChI=1S/C18H17ClFNO2/c19-16-7-6-14(11-17(16)20)18(22)21-8-9-23-15(12-21)10-13-4-2-1-3-5-13/h1-7,11,15H,8-10,12H2. The van der Waals surface area contributed by atoms with Crippen molar-refractivity contribution in [1.29, 1.82) is 0 Å². The summed E-state index contributed by atoms with van der Waals surface area (Å²) in [5, 5.41) is 0.0190. The summed E-state index contributed by atoms with van der Waals surface area (Å²) in [6, 6.07) is 14.2. The van der Waals surface area contributed by atoms with E-state index in [-0.39, 0.29) is 17.0 Å². The maximum Gasteiger partial charge on any atom is 0.254 e. The van der Waals surface area contributed by atoms with Crippen LogP contribution in [0.15, 0.2) is 48.5 Å². The molecule has 0 aromatic heterocycles. The molecule has 1 heterocycles. The van der Waals surface area contributed by atoms with Crippen molar-refractivity contribution in [1.82, 2.24) is 4.90 Å². The van der Waals surface area contributed by atoms with E-state index in [1.165, 1.54) is 17.7 Å². The van der Waals surface area contributed by atoms with Gasteiger partial charge in [-0.1, -0.05) is 41.9 Å². The Balaban J connectivity index is 1.68. The van der Waals surface area contributed by atoms with Crippen LogP contribution in [0.2, 0.25) is 5.02 Å². The zero-order valence-corrected chi connectivity index (χ0v) is 13.3. The number of hydrogen-bond acceptors (Lipinski definition) is 2. The smallest absolute Gasteiger partial charge is 0.254 e. The molecule has 2 aromatic rings. The predicted molar refractivity (Wildman–Crippen MR) is 87.2 cm³/mol. The summed E-state index contributed by atoms with van der Waals surface area (Å²) in [4.78, 5) is 14.2. The van der Waals surface area contributed by atoms with Crippen LogP contribution in [0.1, 0.15) is 15.9 Å². The molecule has 2 aromatic carbocycles. The minimum atomic E-state index is -0.577. The number of morpholine rings is 1. The van der Waals surface area contributed by atoms with E-state index in [4.69, 9.17) is 16.3 Å². The molecule has 120 valence electrons. The number of carbonyl (C=O) groups is 1. The first kappa shape index (κ1) is 16.0. The average Bonchev–Trinajstić information content (AvgIpc) is 2.58. The Morgan fingerprint density at radius 3 is 2.78 bits per heavy atom. The van der Waals surface area contributed by atoms with E-state index in [1.54, 1.807) is 11.0 Å². The van der Waals surface area contributed by atoms with E-state index >= 15 is 0 Å². The van der Waals surface area contributed by atoms with E-state index in [1.807, 2.05) is 30.3 Å². The zero-order valence-electron chi connectivity index (χ0n) is 12.5. The topological polar surface area (TPSA) is 29.5 Å². The van der Waals surface area contributed by atoms with E-state index < -0.39 is 5.82 Å². The third kappa shape index (κ3) is 3.89. The second-order valence-electron chi connectivity index (χ2n) is 5.56. The van der Waals surface area contributed by atoms with Gasteiger partial charge in [0.25, 0.3) is 5.91 Å². The molecule has 5 heteroatoms. The molecule has 1 unspecified atom stereocenters. The van der Waals surface area contributed by atoms with Crippen LogP contribution < -0.4 is 0 Å². The molecule has 0 radical (unpaired) electrons. The minimum absolute atomic E-state index is 0.0190. The molecular formula is C18H17ClFNO2. The van der Waals surface area contributed by atoms with Crippen molar-refractivity contribution in [2.75, 3.05) is 19.7 Å². The second-order valence-corrected chi connectivity index (χ2v) is 5.97. The number of carbonyl (C=O) groups excluding carboxylic acids is 1. The number of benzene rings is 2. The first-order valence-corrected chi connectivity index (χ1v) is 7.91. The molecule has 3 nitrogen and oxygen atoms in total. The van der Waals surface area contributed by atoms with Gasteiger partial charge in [0.05, 0.1) is 17.7 Å². The molecule has 1 atom stereocenters. The maximum atomic E-state index is 13.5. The monoisotopic (exact) mass is 333 g/mol. The van der Waals surface area contributed by atoms with Gasteiger partial charge in [0.15, 0.2) is 0 Å². The number of nitrogens with zero attached hydrogens (tertiary/aromatic N) is 1. The van der Waals surface area contributed by atoms with E-state index in [9.17, 15) is 9.18 Å². The largest absolute Gasteiger partial charge is 0.374 e. The van der Waals surface area contributed by atoms with Gasteiger partial charge >= 0.3 is 0 Å². The van der Waals surface area contributed by atoms with Crippen LogP contribution in [0.5, 0.6) is 0 Å². The molecule has 3 rings (SSSR count). The summed E-state index contributed by atoms with van der Waals surface area (Å²) >= 11 is 5.66. The fourth-order valence-corrected chi connectivity index (χ4v) is 2.83. The van der Waals surface area contributed by atoms with Crippen molar-refractivity contribution in [2.45, 2.75) is 12.5 Å². The number of ether oxygens (including phenoxy) is 1. The van der Waals surface area contributed by atoms with Gasteiger partial charge in [-0.3, -0.25) is 4.79 Å². The fraction of sp³-hybridized carbons (Fsp3) is 0.278. The molecule has 1 aliphatic heterocycles. The Kier molecular flexibility index (Phi) is 4.94. The third-order valence-corrected chi connectivity index (χ3v) is 4.21. The SMILES string of the molecule is O=C(c1ccc(Cl)c(F)c1)N1CCOC(Cc2ccccc2)C1. The molecule has 23 heavy (non-hydrogen) atoms. The highest BCUT2D eigenvalue weighted by Gasteiger charge is 2.25. The summed E-state index contributed by atoms with van der Waals surface area (Å²) in [6.45, 7) is 1.49. The quantitative estimate of drug-likeness (QED) is 0.859. The van der Waals surface area contributed by atoms with Gasteiger partial charge in [-0.2, -0.15) is 0 Å². The summed E-state index contributed by atoms with van der Waals surface area (Å²) in [7, 11) is 0. The lowest BCUT2D eigenvalue weighted by atomic mass is 10.1. The number of halogens is 2. The lowest BCUT2D eigenvalue weighted by molar-refractivity contribution is -0.0208. The van der Waals surface area contributed by atoms with Crippen molar-refractivity contribution in [3.8, 4) is 0 Å². The summed E-state index contributed by atoms with van der Waals surface area (Å²) in [5.74, 6) is -0.770. The first-order valence-electron chi connectivity index (χ1n) is 7.53. The molecule has 1 aliphatic rings. The number of hydrogen-bond donors (Lipinski definition) is 0. The van der Waals surface area contributed by atoms with Crippen molar-refractivity contribution in [2.24, 2.45) is 0 Å². The highest BCUT2D eigenvalue weighted by atomic mass is 35.5. The molecule has 0 spiro atoms. The van der Waals surface area contributed by atoms with Crippen LogP contribution in [0.3, 0.4) is 0 Å². The normalized spacial score (nSPS) is 18.0. The zero-order chi connectivity index (χ0) is 16.2. The molecular weight excluding hydrogens is 317 g/mol. The maximum absolute atomic E-state index is 13.5. The predicted octanol–water partition coefficient (Wildman–Crippen LogP) is 3.56. The Morgan fingerprint density at radius 1 is 1.26 bits per heavy atom. The third-order valence-electron chi connectivity index (χ3n) is 3.90. The van der Waals surface area contributed by atoms with Crippen LogP contribution in [-0.2, 0) is 11.2 Å². The van der Waals surface area contributed by atoms with E-state index in [0.29, 0.717) is 25.3 Å². The highest BCUT2D eigenvalue weighted by molar-refractivity contribution is 6.30. The number of rotatable bonds is 3. The minimum Gasteiger partial charge on any atom is -0.374 e. The summed E-state index contributed by atoms with van der Waals surface area (Å²) < 4.78 is 19.3. The number of amides is 1. The summed E-state index contributed by atoms with van der Waals surface area (Å²) in [6.07, 6.45) is 0.701. The van der Waals surface area contributed by atoms with E-state index in [2.05, 4.69) is 0 Å². The Labute approximate surface area is 139 Å². The van der Waals surface area contributed by atoms with Crippen LogP contribution >= 0.6 is 11.6 Å². The van der Waals surface area contributed by atoms with E-state index in [0.717, 1.165) is 6.42 Å². The van der Waals surface area contributed by atoms with Crippen LogP contribution in [-0.4, -0.2) is 36.6 Å². The van der Waals surface area contributed by atoms with Gasteiger partial charge < -0.3 is 9.64 Å². The van der Waals surface area contributed by atoms with Gasteiger partial charge in [0, 0.05) is 25.1 Å². The Bertz CT molecular complexity index is 693. The van der Waals surface area contributed by atoms with Crippen molar-refractivity contribution < 1.29 is 13.9 Å². The van der Waals surface area contributed by atoms with Gasteiger partial charge in [-0.15, -0.1) is 0 Å². The Morgan fingerprint density at radius 2 is 2.04 bits per heavy atom. The fourth-order valence-electron chi connectivity index (χ4n) is 2.72. The first-order chi connectivity index (χ1) is 11.1. The Hall–Kier alpha value is -1.91. The van der Waals surface area contributed by atoms with Crippen LogP contribution in [0.25, 0.3) is 0 Å². The van der Waals surface area contributed by atoms with Crippen molar-refractivity contribution >= 4 is 17.5 Å². The highest BCUT2D eigenvalue weighted by Crippen LogP contribution is 2.19. The summed E-state index contributed by atoms with van der Waals surface area (Å²) in [5.41, 5.74) is 1.48. The molecule has 0 saturated carbocycles. The molecule has 1 saturated heterocycles. The van der Waals surface area contributed by atoms with Gasteiger partial charge in [-0.25, -0.2) is 4.39 Å². The lowest BCUT2D eigenvalue weighted by Gasteiger charge is -2.33. The van der Waals surface area contributed by atoms with Gasteiger partial charge in [0.1, 0.15) is 5.82 Å². The van der Waals surface area contributed by atoms with Crippen molar-refractivity contribution in [3.63, 3.8) is 0 Å². The molecule has 0 N–H and O–H groups in total. The molecule has 0 aliphatic carbocycles. The van der Waals surface area contributed by atoms with Crippen LogP contribution in [0, 0.1) is 5.82 Å². The van der Waals surface area contributed by atoms with Crippen LogP contribution in [0.4, 0.5) is 4.39 Å². The van der Waals surface area contributed by atoms with Gasteiger partial charge in [-0.05, 0) is 23.8 Å². The lowest BCUT2D eigenvalue weighted by Crippen LogP contribution is -2.46. The van der Waals surface area contributed by atoms with Gasteiger partial charge in [0.2, 0.25) is 0 Å². The second kappa shape index (κ2) is 7.11. The molecule has 1 amide bonds. The molecule has 0 bridgehead atoms. The average molecular weight is 334 g/mol. The van der Waals surface area contributed by atoms with Crippen molar-refractivity contribution in [3.05, 3.63) is 70.5 Å².